The summed E-state index contributed by atoms with van der Waals surface area (Å²) < 4.78 is 25.6. The van der Waals surface area contributed by atoms with Crippen LogP contribution in [0.15, 0.2) is 18.2 Å². The number of hydrogen-bond donors (Lipinski definition) is 1. The molecule has 0 aliphatic carbocycles. The van der Waals surface area contributed by atoms with Gasteiger partial charge in [-0.15, -0.1) is 12.4 Å². The van der Waals surface area contributed by atoms with Gasteiger partial charge in [-0.05, 0) is 12.1 Å². The van der Waals surface area contributed by atoms with Crippen LogP contribution in [0, 0.1) is 23.0 Å². The highest BCUT2D eigenvalue weighted by molar-refractivity contribution is 5.85. The van der Waals surface area contributed by atoms with E-state index >= 15 is 0 Å². The minimum absolute atomic E-state index is 0. The maximum atomic E-state index is 12.8. The Balaban J connectivity index is 0.00000144. The first-order chi connectivity index (χ1) is 5.66. The molecule has 0 saturated heterocycles. The first-order valence-corrected chi connectivity index (χ1v) is 3.26. The molecule has 1 aromatic carbocycles. The van der Waals surface area contributed by atoms with Gasteiger partial charge in [-0.25, -0.2) is 8.78 Å². The van der Waals surface area contributed by atoms with Crippen LogP contribution in [0.5, 0.6) is 0 Å². The van der Waals surface area contributed by atoms with Crippen molar-refractivity contribution in [3.63, 3.8) is 0 Å². The normalized spacial score (nSPS) is 11.2. The van der Waals surface area contributed by atoms with Crippen molar-refractivity contribution in [2.75, 3.05) is 0 Å². The van der Waals surface area contributed by atoms with E-state index in [2.05, 4.69) is 0 Å². The second-order valence-electron chi connectivity index (χ2n) is 2.24. The third kappa shape index (κ3) is 2.38. The monoisotopic (exact) mass is 204 g/mol. The minimum atomic E-state index is -1.24. The summed E-state index contributed by atoms with van der Waals surface area (Å²) in [6.07, 6.45) is 0. The SMILES string of the molecule is Cl.N#CC(N)c1c(F)cccc1F. The fourth-order valence-electron chi connectivity index (χ4n) is 0.872. The van der Waals surface area contributed by atoms with E-state index in [9.17, 15) is 8.78 Å². The van der Waals surface area contributed by atoms with Crippen molar-refractivity contribution in [2.24, 2.45) is 5.73 Å². The van der Waals surface area contributed by atoms with Crippen LogP contribution in [0.1, 0.15) is 11.6 Å². The van der Waals surface area contributed by atoms with Gasteiger partial charge in [-0.1, -0.05) is 6.07 Å². The van der Waals surface area contributed by atoms with Crippen molar-refractivity contribution >= 4 is 12.4 Å². The Morgan fingerprint density at radius 2 is 1.77 bits per heavy atom. The van der Waals surface area contributed by atoms with E-state index in [4.69, 9.17) is 11.0 Å². The lowest BCUT2D eigenvalue weighted by molar-refractivity contribution is 0.548. The van der Waals surface area contributed by atoms with Gasteiger partial charge in [-0.2, -0.15) is 5.26 Å². The van der Waals surface area contributed by atoms with Crippen molar-refractivity contribution in [1.29, 1.82) is 5.26 Å². The number of halogens is 3. The predicted octanol–water partition coefficient (Wildman–Crippen LogP) is 1.91. The summed E-state index contributed by atoms with van der Waals surface area (Å²) in [5.74, 6) is -1.58. The van der Waals surface area contributed by atoms with Crippen molar-refractivity contribution in [3.8, 4) is 6.07 Å². The average Bonchev–Trinajstić information content (AvgIpc) is 2.03. The lowest BCUT2D eigenvalue weighted by atomic mass is 10.1. The smallest absolute Gasteiger partial charge is 0.131 e. The summed E-state index contributed by atoms with van der Waals surface area (Å²) in [6.45, 7) is 0. The van der Waals surface area contributed by atoms with E-state index in [1.165, 1.54) is 6.07 Å². The van der Waals surface area contributed by atoms with Crippen LogP contribution < -0.4 is 5.73 Å². The molecule has 0 aliphatic rings. The maximum Gasteiger partial charge on any atom is 0.131 e. The number of rotatable bonds is 1. The molecule has 0 spiro atoms. The molecule has 2 N–H and O–H groups in total. The molecule has 0 radical (unpaired) electrons. The van der Waals surface area contributed by atoms with Crippen LogP contribution in [0.3, 0.4) is 0 Å². The third-order valence-corrected chi connectivity index (χ3v) is 1.45. The van der Waals surface area contributed by atoms with E-state index in [-0.39, 0.29) is 18.0 Å². The van der Waals surface area contributed by atoms with Crippen LogP contribution in [-0.4, -0.2) is 0 Å². The zero-order chi connectivity index (χ0) is 9.14. The molecule has 13 heavy (non-hydrogen) atoms. The summed E-state index contributed by atoms with van der Waals surface area (Å²) in [4.78, 5) is 0. The lowest BCUT2D eigenvalue weighted by Gasteiger charge is -2.04. The van der Waals surface area contributed by atoms with Gasteiger partial charge < -0.3 is 5.73 Å². The largest absolute Gasteiger partial charge is 0.312 e. The minimum Gasteiger partial charge on any atom is -0.312 e. The van der Waals surface area contributed by atoms with Gasteiger partial charge in [0.25, 0.3) is 0 Å². The standard InChI is InChI=1S/C8H6F2N2.ClH/c9-5-2-1-3-6(10)8(5)7(12)4-11;/h1-3,7H,12H2;1H. The Hall–Kier alpha value is -1.18. The summed E-state index contributed by atoms with van der Waals surface area (Å²) in [5, 5.41) is 8.33. The molecule has 0 bridgehead atoms. The molecule has 2 nitrogen and oxygen atoms in total. The highest BCUT2D eigenvalue weighted by Gasteiger charge is 2.14. The van der Waals surface area contributed by atoms with Gasteiger partial charge in [-0.3, -0.25) is 0 Å². The van der Waals surface area contributed by atoms with Crippen LogP contribution in [-0.2, 0) is 0 Å². The van der Waals surface area contributed by atoms with Gasteiger partial charge >= 0.3 is 0 Å². The number of nitriles is 1. The molecule has 0 amide bonds. The fraction of sp³-hybridized carbons (Fsp3) is 0.125. The first kappa shape index (κ1) is 11.8. The molecule has 1 atom stereocenters. The highest BCUT2D eigenvalue weighted by Crippen LogP contribution is 2.17. The molecule has 0 fully saturated rings. The number of nitrogens with zero attached hydrogens (tertiary/aromatic N) is 1. The Bertz CT molecular complexity index is 315. The predicted molar refractivity (Wildman–Crippen MR) is 46.1 cm³/mol. The third-order valence-electron chi connectivity index (χ3n) is 1.45. The van der Waals surface area contributed by atoms with Gasteiger partial charge in [0, 0.05) is 0 Å². The Kier molecular flexibility index (Phi) is 4.32. The first-order valence-electron chi connectivity index (χ1n) is 3.26. The molecule has 0 saturated carbocycles. The van der Waals surface area contributed by atoms with E-state index in [1.54, 1.807) is 6.07 Å². The number of hydrogen-bond acceptors (Lipinski definition) is 2. The Morgan fingerprint density at radius 1 is 1.31 bits per heavy atom. The average molecular weight is 205 g/mol. The van der Waals surface area contributed by atoms with Crippen LogP contribution in [0.25, 0.3) is 0 Å². The van der Waals surface area contributed by atoms with Crippen molar-refractivity contribution < 1.29 is 8.78 Å². The van der Waals surface area contributed by atoms with Gasteiger partial charge in [0.2, 0.25) is 0 Å². The van der Waals surface area contributed by atoms with Crippen molar-refractivity contribution in [3.05, 3.63) is 35.4 Å². The fourth-order valence-corrected chi connectivity index (χ4v) is 0.872. The molecule has 70 valence electrons. The summed E-state index contributed by atoms with van der Waals surface area (Å²) >= 11 is 0. The van der Waals surface area contributed by atoms with Crippen molar-refractivity contribution in [1.82, 2.24) is 0 Å². The van der Waals surface area contributed by atoms with Gasteiger partial charge in [0.15, 0.2) is 0 Å². The van der Waals surface area contributed by atoms with E-state index < -0.39 is 17.7 Å². The molecule has 1 unspecified atom stereocenters. The number of nitrogens with two attached hydrogens (primary N) is 1. The Labute approximate surface area is 80.4 Å². The zero-order valence-electron chi connectivity index (χ0n) is 6.50. The topological polar surface area (TPSA) is 49.8 Å². The summed E-state index contributed by atoms with van der Waals surface area (Å²) in [6, 6.07) is 3.67. The van der Waals surface area contributed by atoms with E-state index in [0.29, 0.717) is 0 Å². The molecule has 1 aromatic rings. The van der Waals surface area contributed by atoms with E-state index in [0.717, 1.165) is 12.1 Å². The molecule has 5 heteroatoms. The van der Waals surface area contributed by atoms with Crippen molar-refractivity contribution in [2.45, 2.75) is 6.04 Å². The van der Waals surface area contributed by atoms with Gasteiger partial charge in [0.05, 0.1) is 11.6 Å². The second-order valence-corrected chi connectivity index (χ2v) is 2.24. The molecule has 1 rings (SSSR count). The maximum absolute atomic E-state index is 12.8. The molecular weight excluding hydrogens is 198 g/mol. The van der Waals surface area contributed by atoms with Crippen LogP contribution in [0.4, 0.5) is 8.78 Å². The summed E-state index contributed by atoms with van der Waals surface area (Å²) in [7, 11) is 0. The van der Waals surface area contributed by atoms with Crippen LogP contribution in [0.2, 0.25) is 0 Å². The quantitative estimate of drug-likeness (QED) is 0.760. The zero-order valence-corrected chi connectivity index (χ0v) is 7.31. The molecule has 0 aliphatic heterocycles. The molecule has 0 heterocycles. The lowest BCUT2D eigenvalue weighted by Crippen LogP contribution is -2.11. The second kappa shape index (κ2) is 4.75. The molecular formula is C8H7ClF2N2. The van der Waals surface area contributed by atoms with Crippen LogP contribution >= 0.6 is 12.4 Å². The number of benzene rings is 1. The Morgan fingerprint density at radius 3 is 2.15 bits per heavy atom. The highest BCUT2D eigenvalue weighted by atomic mass is 35.5. The summed E-state index contributed by atoms with van der Waals surface area (Å²) in [5.41, 5.74) is 4.78. The van der Waals surface area contributed by atoms with E-state index in [1.807, 2.05) is 0 Å². The molecule has 0 aromatic heterocycles. The van der Waals surface area contributed by atoms with Gasteiger partial charge in [0.1, 0.15) is 17.7 Å².